The average molecular weight is 428 g/mol. The van der Waals surface area contributed by atoms with Crippen LogP contribution in [0.1, 0.15) is 11.1 Å². The lowest BCUT2D eigenvalue weighted by atomic mass is 9.77. The SMILES string of the molecule is FC1(F)c2cc(-c3ccccc3)c(-c3ccccc3)cc2C(F)(F)C(F)(F)C1(F)F. The highest BCUT2D eigenvalue weighted by Crippen LogP contribution is 2.65. The Labute approximate surface area is 165 Å². The summed E-state index contributed by atoms with van der Waals surface area (Å²) in [6, 6.07) is 16.2. The van der Waals surface area contributed by atoms with E-state index in [0.29, 0.717) is 12.1 Å². The lowest BCUT2D eigenvalue weighted by Gasteiger charge is -2.43. The molecule has 0 unspecified atom stereocenters. The summed E-state index contributed by atoms with van der Waals surface area (Å²) in [6.45, 7) is 0. The lowest BCUT2D eigenvalue weighted by molar-refractivity contribution is -0.386. The van der Waals surface area contributed by atoms with Crippen molar-refractivity contribution in [1.29, 1.82) is 0 Å². The minimum atomic E-state index is -6.28. The van der Waals surface area contributed by atoms with E-state index in [-0.39, 0.29) is 22.3 Å². The number of fused-ring (bicyclic) bond motifs is 1. The van der Waals surface area contributed by atoms with E-state index in [9.17, 15) is 35.1 Å². The Morgan fingerprint density at radius 2 is 0.733 bits per heavy atom. The highest BCUT2D eigenvalue weighted by molar-refractivity contribution is 5.85. The van der Waals surface area contributed by atoms with Gasteiger partial charge in [-0.05, 0) is 34.4 Å². The van der Waals surface area contributed by atoms with Crippen molar-refractivity contribution in [3.63, 3.8) is 0 Å². The molecule has 4 rings (SSSR count). The Balaban J connectivity index is 2.12. The van der Waals surface area contributed by atoms with E-state index in [1.165, 1.54) is 24.3 Å². The maximum absolute atomic E-state index is 14.5. The van der Waals surface area contributed by atoms with E-state index in [0.717, 1.165) is 0 Å². The molecule has 0 saturated carbocycles. The molecule has 0 nitrogen and oxygen atoms in total. The number of halogens is 8. The molecule has 0 atom stereocenters. The van der Waals surface area contributed by atoms with Gasteiger partial charge in [-0.1, -0.05) is 60.7 Å². The predicted molar refractivity (Wildman–Crippen MR) is 95.0 cm³/mol. The van der Waals surface area contributed by atoms with Crippen LogP contribution in [-0.4, -0.2) is 11.8 Å². The predicted octanol–water partition coefficient (Wildman–Crippen LogP) is 7.49. The van der Waals surface area contributed by atoms with Crippen LogP contribution >= 0.6 is 0 Å². The lowest BCUT2D eigenvalue weighted by Crippen LogP contribution is -2.63. The van der Waals surface area contributed by atoms with Crippen molar-refractivity contribution in [2.45, 2.75) is 23.7 Å². The van der Waals surface area contributed by atoms with Gasteiger partial charge in [0.15, 0.2) is 0 Å². The van der Waals surface area contributed by atoms with Crippen molar-refractivity contribution in [2.24, 2.45) is 0 Å². The first-order chi connectivity index (χ1) is 13.9. The summed E-state index contributed by atoms with van der Waals surface area (Å²) >= 11 is 0. The van der Waals surface area contributed by atoms with E-state index in [2.05, 4.69) is 0 Å². The van der Waals surface area contributed by atoms with E-state index >= 15 is 0 Å². The summed E-state index contributed by atoms with van der Waals surface area (Å²) in [7, 11) is 0. The van der Waals surface area contributed by atoms with Crippen LogP contribution in [0.2, 0.25) is 0 Å². The van der Waals surface area contributed by atoms with Crippen LogP contribution in [0.5, 0.6) is 0 Å². The minimum absolute atomic E-state index is 0.0583. The molecule has 30 heavy (non-hydrogen) atoms. The summed E-state index contributed by atoms with van der Waals surface area (Å²) in [5.74, 6) is -23.6. The molecule has 0 saturated heterocycles. The molecule has 3 aromatic rings. The molecule has 0 aromatic heterocycles. The zero-order valence-corrected chi connectivity index (χ0v) is 15.0. The highest BCUT2D eigenvalue weighted by atomic mass is 19.4. The van der Waals surface area contributed by atoms with Crippen molar-refractivity contribution in [3.05, 3.63) is 83.9 Å². The van der Waals surface area contributed by atoms with Crippen LogP contribution in [0.15, 0.2) is 72.8 Å². The molecular weight excluding hydrogens is 416 g/mol. The van der Waals surface area contributed by atoms with Gasteiger partial charge in [-0.2, -0.15) is 35.1 Å². The van der Waals surface area contributed by atoms with Gasteiger partial charge in [0.25, 0.3) is 0 Å². The zero-order valence-electron chi connectivity index (χ0n) is 15.0. The third-order valence-electron chi connectivity index (χ3n) is 5.19. The van der Waals surface area contributed by atoms with Crippen molar-refractivity contribution in [3.8, 4) is 22.3 Å². The molecule has 0 N–H and O–H groups in total. The van der Waals surface area contributed by atoms with E-state index in [1.807, 2.05) is 0 Å². The summed E-state index contributed by atoms with van der Waals surface area (Å²) in [6.07, 6.45) is 0. The maximum Gasteiger partial charge on any atom is 0.382 e. The Hall–Kier alpha value is -2.90. The normalized spacial score (nSPS) is 20.4. The van der Waals surface area contributed by atoms with Crippen LogP contribution in [0, 0.1) is 0 Å². The average Bonchev–Trinajstić information content (AvgIpc) is 2.73. The number of hydrogen-bond acceptors (Lipinski definition) is 0. The van der Waals surface area contributed by atoms with Gasteiger partial charge in [0.1, 0.15) is 0 Å². The van der Waals surface area contributed by atoms with Crippen LogP contribution < -0.4 is 0 Å². The fourth-order valence-corrected chi connectivity index (χ4v) is 3.56. The molecular formula is C22H12F8. The molecule has 156 valence electrons. The molecule has 0 spiro atoms. The van der Waals surface area contributed by atoms with Gasteiger partial charge in [0.2, 0.25) is 0 Å². The second kappa shape index (κ2) is 6.30. The molecule has 0 radical (unpaired) electrons. The molecule has 0 fully saturated rings. The summed E-state index contributed by atoms with van der Waals surface area (Å²) in [5.41, 5.74) is -3.20. The van der Waals surface area contributed by atoms with Gasteiger partial charge in [-0.15, -0.1) is 0 Å². The molecule has 1 aliphatic rings. The first-order valence-corrected chi connectivity index (χ1v) is 8.74. The van der Waals surface area contributed by atoms with E-state index in [4.69, 9.17) is 0 Å². The minimum Gasteiger partial charge on any atom is -0.194 e. The van der Waals surface area contributed by atoms with Gasteiger partial charge < -0.3 is 0 Å². The van der Waals surface area contributed by atoms with Crippen molar-refractivity contribution >= 4 is 0 Å². The molecule has 3 aromatic carbocycles. The van der Waals surface area contributed by atoms with Gasteiger partial charge in [0.05, 0.1) is 0 Å². The second-order valence-electron chi connectivity index (χ2n) is 6.97. The molecule has 0 bridgehead atoms. The molecule has 8 heteroatoms. The third-order valence-corrected chi connectivity index (χ3v) is 5.19. The fraction of sp³-hybridized carbons (Fsp3) is 0.182. The number of rotatable bonds is 2. The van der Waals surface area contributed by atoms with Crippen LogP contribution in [0.25, 0.3) is 22.3 Å². The summed E-state index contributed by atoms with van der Waals surface area (Å²) < 4.78 is 114. The van der Waals surface area contributed by atoms with Crippen molar-refractivity contribution in [1.82, 2.24) is 0 Å². The number of benzene rings is 3. The van der Waals surface area contributed by atoms with Gasteiger partial charge >= 0.3 is 23.7 Å². The van der Waals surface area contributed by atoms with Crippen LogP contribution in [0.3, 0.4) is 0 Å². The molecule has 0 heterocycles. The second-order valence-corrected chi connectivity index (χ2v) is 6.97. The molecule has 1 aliphatic carbocycles. The van der Waals surface area contributed by atoms with E-state index in [1.54, 1.807) is 36.4 Å². The van der Waals surface area contributed by atoms with Crippen LogP contribution in [0.4, 0.5) is 35.1 Å². The van der Waals surface area contributed by atoms with Gasteiger partial charge in [-0.3, -0.25) is 0 Å². The Bertz CT molecular complexity index is 1000. The third kappa shape index (κ3) is 2.52. The first kappa shape index (κ1) is 20.4. The van der Waals surface area contributed by atoms with Gasteiger partial charge in [-0.25, -0.2) is 0 Å². The zero-order chi connectivity index (χ0) is 21.9. The standard InChI is InChI=1S/C22H12F8/c23-19(24)17-11-15(13-7-3-1-4-8-13)16(14-9-5-2-6-10-14)12-18(17)20(25,26)22(29,30)21(19,27)28/h1-12H. The summed E-state index contributed by atoms with van der Waals surface area (Å²) in [4.78, 5) is 0. The van der Waals surface area contributed by atoms with Crippen molar-refractivity contribution < 1.29 is 35.1 Å². The Morgan fingerprint density at radius 3 is 1.03 bits per heavy atom. The topological polar surface area (TPSA) is 0 Å². The summed E-state index contributed by atoms with van der Waals surface area (Å²) in [5, 5.41) is 0. The van der Waals surface area contributed by atoms with Crippen LogP contribution in [-0.2, 0) is 11.8 Å². The smallest absolute Gasteiger partial charge is 0.194 e. The largest absolute Gasteiger partial charge is 0.382 e. The van der Waals surface area contributed by atoms with E-state index < -0.39 is 34.8 Å². The maximum atomic E-state index is 14.5. The Morgan fingerprint density at radius 1 is 0.433 bits per heavy atom. The van der Waals surface area contributed by atoms with Crippen molar-refractivity contribution in [2.75, 3.05) is 0 Å². The molecule has 0 aliphatic heterocycles. The highest BCUT2D eigenvalue weighted by Gasteiger charge is 2.85. The first-order valence-electron chi connectivity index (χ1n) is 8.74. The number of alkyl halides is 8. The Kier molecular flexibility index (Phi) is 4.28. The quantitative estimate of drug-likeness (QED) is 0.371. The number of hydrogen-bond donors (Lipinski definition) is 0. The fourth-order valence-electron chi connectivity index (χ4n) is 3.56. The molecule has 0 amide bonds. The van der Waals surface area contributed by atoms with Gasteiger partial charge in [0, 0.05) is 11.1 Å². The monoisotopic (exact) mass is 428 g/mol.